The summed E-state index contributed by atoms with van der Waals surface area (Å²) in [7, 11) is 1.60. The molecule has 26 heavy (non-hydrogen) atoms. The quantitative estimate of drug-likeness (QED) is 0.841. The third-order valence-corrected chi connectivity index (χ3v) is 4.86. The average Bonchev–Trinajstić information content (AvgIpc) is 3.00. The van der Waals surface area contributed by atoms with Crippen LogP contribution < -0.4 is 15.0 Å². The molecule has 0 aromatic heterocycles. The summed E-state index contributed by atoms with van der Waals surface area (Å²) in [5.74, 6) is 0.546. The molecule has 3 rings (SSSR count). The van der Waals surface area contributed by atoms with Crippen LogP contribution in [0.25, 0.3) is 0 Å². The highest BCUT2D eigenvalue weighted by molar-refractivity contribution is 6.36. The average molecular weight is 393 g/mol. The number of benzene rings is 2. The van der Waals surface area contributed by atoms with Gasteiger partial charge >= 0.3 is 0 Å². The van der Waals surface area contributed by atoms with Gasteiger partial charge in [-0.15, -0.1) is 0 Å². The number of nitrogens with one attached hydrogen (secondary N) is 1. The van der Waals surface area contributed by atoms with E-state index in [4.69, 9.17) is 27.9 Å². The van der Waals surface area contributed by atoms with Crippen LogP contribution >= 0.6 is 23.2 Å². The summed E-state index contributed by atoms with van der Waals surface area (Å²) in [6.07, 6.45) is 0.390. The van der Waals surface area contributed by atoms with E-state index in [9.17, 15) is 9.59 Å². The van der Waals surface area contributed by atoms with Gasteiger partial charge in [0.2, 0.25) is 5.91 Å². The van der Waals surface area contributed by atoms with Gasteiger partial charge in [0.15, 0.2) is 0 Å². The molecule has 1 atom stereocenters. The normalized spacial score (nSPS) is 16.7. The van der Waals surface area contributed by atoms with Crippen molar-refractivity contribution < 1.29 is 14.3 Å². The Bertz CT molecular complexity index is 824. The van der Waals surface area contributed by atoms with E-state index in [1.54, 1.807) is 24.1 Å². The Labute approximate surface area is 161 Å². The van der Waals surface area contributed by atoms with Gasteiger partial charge in [0.25, 0.3) is 5.91 Å². The third kappa shape index (κ3) is 4.11. The second-order valence-electron chi connectivity index (χ2n) is 6.11. The zero-order valence-electron chi connectivity index (χ0n) is 14.2. The van der Waals surface area contributed by atoms with Crippen molar-refractivity contribution in [3.63, 3.8) is 0 Å². The van der Waals surface area contributed by atoms with Gasteiger partial charge < -0.3 is 15.0 Å². The van der Waals surface area contributed by atoms with Gasteiger partial charge in [0.1, 0.15) is 5.75 Å². The number of hydrogen-bond donors (Lipinski definition) is 1. The van der Waals surface area contributed by atoms with Crippen LogP contribution in [0.1, 0.15) is 16.8 Å². The number of carbonyl (C=O) groups is 2. The maximum absolute atomic E-state index is 12.3. The first kappa shape index (κ1) is 18.5. The maximum atomic E-state index is 12.3. The number of hydrogen-bond acceptors (Lipinski definition) is 3. The number of amides is 2. The number of ether oxygens (including phenoxy) is 1. The summed E-state index contributed by atoms with van der Waals surface area (Å²) in [6, 6.07) is 12.1. The molecule has 1 aliphatic heterocycles. The van der Waals surface area contributed by atoms with E-state index in [-0.39, 0.29) is 17.7 Å². The molecule has 1 aliphatic rings. The first-order valence-corrected chi connectivity index (χ1v) is 8.91. The number of halogens is 2. The summed E-state index contributed by atoms with van der Waals surface area (Å²) in [4.78, 5) is 26.3. The van der Waals surface area contributed by atoms with Crippen LogP contribution in [0.4, 0.5) is 5.69 Å². The second-order valence-corrected chi connectivity index (χ2v) is 6.95. The van der Waals surface area contributed by atoms with E-state index >= 15 is 0 Å². The molecule has 7 heteroatoms. The van der Waals surface area contributed by atoms with Crippen molar-refractivity contribution in [3.8, 4) is 5.75 Å². The molecular weight excluding hydrogens is 375 g/mol. The Morgan fingerprint density at radius 2 is 1.96 bits per heavy atom. The molecular formula is C19H18Cl2N2O3. The maximum Gasteiger partial charge on any atom is 0.252 e. The van der Waals surface area contributed by atoms with E-state index in [2.05, 4.69) is 5.32 Å². The third-order valence-electron chi connectivity index (χ3n) is 4.32. The lowest BCUT2D eigenvalue weighted by Crippen LogP contribution is -2.31. The molecule has 2 aromatic rings. The van der Waals surface area contributed by atoms with E-state index in [0.29, 0.717) is 35.1 Å². The molecule has 2 aromatic carbocycles. The van der Waals surface area contributed by atoms with Crippen molar-refractivity contribution in [3.05, 3.63) is 58.1 Å². The van der Waals surface area contributed by atoms with Crippen molar-refractivity contribution in [2.75, 3.05) is 25.1 Å². The Morgan fingerprint density at radius 3 is 2.62 bits per heavy atom. The lowest BCUT2D eigenvalue weighted by Gasteiger charge is -2.17. The smallest absolute Gasteiger partial charge is 0.252 e. The summed E-state index contributed by atoms with van der Waals surface area (Å²) in [5.41, 5.74) is 1.19. The standard InChI is InChI=1S/C19H18Cl2N2O3/c1-26-15-5-3-14(4-6-15)23-11-12(8-18(23)24)10-22-19(25)16-7-2-13(20)9-17(16)21/h2-7,9,12H,8,10-11H2,1H3,(H,22,25). The molecule has 2 amide bonds. The number of methoxy groups -OCH3 is 1. The highest BCUT2D eigenvalue weighted by atomic mass is 35.5. The fraction of sp³-hybridized carbons (Fsp3) is 0.263. The lowest BCUT2D eigenvalue weighted by molar-refractivity contribution is -0.117. The molecule has 1 saturated heterocycles. The Kier molecular flexibility index (Phi) is 5.69. The Morgan fingerprint density at radius 1 is 1.23 bits per heavy atom. The molecule has 1 fully saturated rings. The lowest BCUT2D eigenvalue weighted by atomic mass is 10.1. The highest BCUT2D eigenvalue weighted by Gasteiger charge is 2.30. The number of rotatable bonds is 5. The number of nitrogens with zero attached hydrogens (tertiary/aromatic N) is 1. The second kappa shape index (κ2) is 7.98. The Hall–Kier alpha value is -2.24. The predicted molar refractivity (Wildman–Crippen MR) is 102 cm³/mol. The van der Waals surface area contributed by atoms with Gasteiger partial charge in [-0.3, -0.25) is 9.59 Å². The van der Waals surface area contributed by atoms with Crippen LogP contribution in [-0.2, 0) is 4.79 Å². The summed E-state index contributed by atoms with van der Waals surface area (Å²) in [5, 5.41) is 3.62. The fourth-order valence-corrected chi connectivity index (χ4v) is 3.43. The van der Waals surface area contributed by atoms with Gasteiger partial charge in [-0.25, -0.2) is 0 Å². The number of carbonyl (C=O) groups excluding carboxylic acids is 2. The zero-order valence-corrected chi connectivity index (χ0v) is 15.7. The van der Waals surface area contributed by atoms with Crippen LogP contribution in [0, 0.1) is 5.92 Å². The predicted octanol–water partition coefficient (Wildman–Crippen LogP) is 3.78. The first-order valence-electron chi connectivity index (χ1n) is 8.15. The minimum Gasteiger partial charge on any atom is -0.497 e. The molecule has 0 bridgehead atoms. The van der Waals surface area contributed by atoms with Crippen LogP contribution in [0.2, 0.25) is 10.0 Å². The fourth-order valence-electron chi connectivity index (χ4n) is 2.94. The summed E-state index contributed by atoms with van der Waals surface area (Å²) >= 11 is 11.9. The molecule has 0 aliphatic carbocycles. The van der Waals surface area contributed by atoms with Crippen LogP contribution in [0.15, 0.2) is 42.5 Å². The number of anilines is 1. The van der Waals surface area contributed by atoms with Gasteiger partial charge in [-0.05, 0) is 42.5 Å². The monoisotopic (exact) mass is 392 g/mol. The van der Waals surface area contributed by atoms with Gasteiger partial charge in [-0.2, -0.15) is 0 Å². The topological polar surface area (TPSA) is 58.6 Å². The van der Waals surface area contributed by atoms with E-state index < -0.39 is 0 Å². The van der Waals surface area contributed by atoms with Crippen molar-refractivity contribution in [2.24, 2.45) is 5.92 Å². The minimum atomic E-state index is -0.276. The zero-order chi connectivity index (χ0) is 18.7. The SMILES string of the molecule is COc1ccc(N2CC(CNC(=O)c3ccc(Cl)cc3Cl)CC2=O)cc1. The first-order chi connectivity index (χ1) is 12.5. The summed E-state index contributed by atoms with van der Waals surface area (Å²) < 4.78 is 5.13. The Balaban J connectivity index is 1.59. The van der Waals surface area contributed by atoms with Crippen molar-refractivity contribution in [2.45, 2.75) is 6.42 Å². The van der Waals surface area contributed by atoms with Crippen molar-refractivity contribution in [1.29, 1.82) is 0 Å². The van der Waals surface area contributed by atoms with Crippen LogP contribution in [0.3, 0.4) is 0 Å². The summed E-state index contributed by atoms with van der Waals surface area (Å²) in [6.45, 7) is 0.954. The molecule has 0 saturated carbocycles. The highest BCUT2D eigenvalue weighted by Crippen LogP contribution is 2.27. The molecule has 1 heterocycles. The van der Waals surface area contributed by atoms with Crippen LogP contribution in [0.5, 0.6) is 5.75 Å². The van der Waals surface area contributed by atoms with E-state index in [1.165, 1.54) is 6.07 Å². The van der Waals surface area contributed by atoms with Gasteiger partial charge in [0.05, 0.1) is 17.7 Å². The molecule has 5 nitrogen and oxygen atoms in total. The molecule has 1 unspecified atom stereocenters. The van der Waals surface area contributed by atoms with Gasteiger partial charge in [-0.1, -0.05) is 23.2 Å². The van der Waals surface area contributed by atoms with E-state index in [0.717, 1.165) is 11.4 Å². The van der Waals surface area contributed by atoms with Gasteiger partial charge in [0, 0.05) is 36.1 Å². The molecule has 0 radical (unpaired) electrons. The van der Waals surface area contributed by atoms with E-state index in [1.807, 2.05) is 24.3 Å². The molecule has 0 spiro atoms. The molecule has 1 N–H and O–H groups in total. The minimum absolute atomic E-state index is 0.0407. The molecule has 136 valence electrons. The van der Waals surface area contributed by atoms with Crippen LogP contribution in [-0.4, -0.2) is 32.0 Å². The van der Waals surface area contributed by atoms with Crippen molar-refractivity contribution >= 4 is 40.7 Å². The largest absolute Gasteiger partial charge is 0.497 e. The van der Waals surface area contributed by atoms with Crippen molar-refractivity contribution in [1.82, 2.24) is 5.32 Å².